The number of fused-ring (bicyclic) bond motifs is 3. The molecular weight excluding hydrogens is 515 g/mol. The van der Waals surface area contributed by atoms with Crippen molar-refractivity contribution in [3.8, 4) is 0 Å². The van der Waals surface area contributed by atoms with E-state index < -0.39 is 52.1 Å². The van der Waals surface area contributed by atoms with Crippen molar-refractivity contribution >= 4 is 46.3 Å². The van der Waals surface area contributed by atoms with Gasteiger partial charge in [0.1, 0.15) is 17.3 Å². The molecular formula is C23H29IO7. The minimum atomic E-state index is -1.24. The second-order valence-corrected chi connectivity index (χ2v) is 10.6. The summed E-state index contributed by atoms with van der Waals surface area (Å²) in [5.74, 6) is -2.35. The molecule has 0 radical (unpaired) electrons. The summed E-state index contributed by atoms with van der Waals surface area (Å²) in [6, 6.07) is 0. The number of ether oxygens (including phenoxy) is 3. The van der Waals surface area contributed by atoms with Crippen molar-refractivity contribution in [2.75, 3.05) is 18.6 Å². The van der Waals surface area contributed by atoms with Gasteiger partial charge in [-0.1, -0.05) is 34.2 Å². The number of esters is 3. The van der Waals surface area contributed by atoms with E-state index in [-0.39, 0.29) is 11.7 Å². The van der Waals surface area contributed by atoms with Crippen LogP contribution < -0.4 is 0 Å². The lowest BCUT2D eigenvalue weighted by Gasteiger charge is -2.45. The zero-order valence-corrected chi connectivity index (χ0v) is 20.5. The van der Waals surface area contributed by atoms with Crippen molar-refractivity contribution in [1.82, 2.24) is 0 Å². The molecule has 8 heteroatoms. The van der Waals surface area contributed by atoms with Gasteiger partial charge in [-0.25, -0.2) is 0 Å². The molecule has 4 aliphatic carbocycles. The largest absolute Gasteiger partial charge is 0.469 e. The van der Waals surface area contributed by atoms with Gasteiger partial charge in [-0.3, -0.25) is 19.2 Å². The summed E-state index contributed by atoms with van der Waals surface area (Å²) < 4.78 is 16.8. The van der Waals surface area contributed by atoms with Gasteiger partial charge in [-0.05, 0) is 37.5 Å². The molecule has 0 aromatic heterocycles. The maximum atomic E-state index is 13.3. The van der Waals surface area contributed by atoms with E-state index in [0.717, 1.165) is 22.8 Å². The lowest BCUT2D eigenvalue weighted by Crippen LogP contribution is -2.54. The third-order valence-corrected chi connectivity index (χ3v) is 10.1. The molecule has 3 saturated carbocycles. The van der Waals surface area contributed by atoms with Crippen LogP contribution in [0.25, 0.3) is 0 Å². The predicted octanol–water partition coefficient (Wildman–Crippen LogP) is 3.03. The van der Waals surface area contributed by atoms with Crippen LogP contribution in [0.4, 0.5) is 0 Å². The molecule has 0 saturated heterocycles. The minimum absolute atomic E-state index is 0.0337. The van der Waals surface area contributed by atoms with Crippen LogP contribution in [0.1, 0.15) is 46.0 Å². The van der Waals surface area contributed by atoms with Crippen molar-refractivity contribution in [3.63, 3.8) is 0 Å². The van der Waals surface area contributed by atoms with Gasteiger partial charge in [0.15, 0.2) is 0 Å². The van der Waals surface area contributed by atoms with Crippen LogP contribution in [0.2, 0.25) is 0 Å². The van der Waals surface area contributed by atoms with Crippen LogP contribution in [-0.4, -0.2) is 48.4 Å². The second-order valence-electron chi connectivity index (χ2n) is 9.81. The Balaban J connectivity index is 1.91. The molecule has 0 N–H and O–H groups in total. The predicted molar refractivity (Wildman–Crippen MR) is 118 cm³/mol. The first-order valence-electron chi connectivity index (χ1n) is 10.7. The maximum Gasteiger partial charge on any atom is 0.315 e. The SMILES string of the molecule is COC(=O)[C@H]1[C@H]2C(=CC[C@H](OC(C)=O)[C@@]2(C)C(=O)OC)[C@@H]2CC[C@@]3(CI)C[C@]21CC3=O. The number of carbonyl (C=O) groups excluding carboxylic acids is 4. The first kappa shape index (κ1) is 22.7. The molecule has 7 nitrogen and oxygen atoms in total. The summed E-state index contributed by atoms with van der Waals surface area (Å²) >= 11 is 2.28. The highest BCUT2D eigenvalue weighted by atomic mass is 127. The van der Waals surface area contributed by atoms with Crippen molar-refractivity contribution in [3.05, 3.63) is 11.6 Å². The number of ketones is 1. The van der Waals surface area contributed by atoms with Crippen LogP contribution in [0.5, 0.6) is 0 Å². The lowest BCUT2D eigenvalue weighted by atomic mass is 9.59. The van der Waals surface area contributed by atoms with Gasteiger partial charge < -0.3 is 14.2 Å². The van der Waals surface area contributed by atoms with Gasteiger partial charge in [-0.15, -0.1) is 0 Å². The number of rotatable bonds is 4. The summed E-state index contributed by atoms with van der Waals surface area (Å²) in [6.45, 7) is 3.04. The molecule has 0 amide bonds. The smallest absolute Gasteiger partial charge is 0.315 e. The van der Waals surface area contributed by atoms with Crippen molar-refractivity contribution in [2.24, 2.45) is 34.0 Å². The van der Waals surface area contributed by atoms with Crippen molar-refractivity contribution < 1.29 is 33.4 Å². The Morgan fingerprint density at radius 3 is 2.52 bits per heavy atom. The number of Topliss-reactive ketones (excluding diaryl/α,β-unsaturated/α-hetero) is 1. The highest BCUT2D eigenvalue weighted by Gasteiger charge is 2.74. The number of methoxy groups -OCH3 is 2. The Kier molecular flexibility index (Phi) is 5.54. The van der Waals surface area contributed by atoms with Crippen LogP contribution in [0, 0.1) is 34.0 Å². The molecule has 0 aliphatic heterocycles. The van der Waals surface area contributed by atoms with Crippen LogP contribution in [-0.2, 0) is 33.4 Å². The standard InChI is InChI=1S/C23H29IO7/c1-12(25)31-16-6-5-13-14-7-8-22(11-24)10-23(14,9-15(22)26)18(19(27)29-3)17(13)21(16,2)20(28)30-4/h5,14,16-18H,6-11H2,1-4H3/t14-,16-,17+,18+,21+,22-,23+/m0/s1. The van der Waals surface area contributed by atoms with E-state index in [1.807, 2.05) is 6.08 Å². The van der Waals surface area contributed by atoms with E-state index in [9.17, 15) is 19.2 Å². The maximum absolute atomic E-state index is 13.3. The molecule has 0 unspecified atom stereocenters. The number of carbonyl (C=O) groups is 4. The van der Waals surface area contributed by atoms with Gasteiger partial charge in [0.25, 0.3) is 0 Å². The third-order valence-electron chi connectivity index (χ3n) is 8.60. The van der Waals surface area contributed by atoms with Gasteiger partial charge in [0.05, 0.1) is 20.1 Å². The summed E-state index contributed by atoms with van der Waals surface area (Å²) in [4.78, 5) is 51.6. The average molecular weight is 544 g/mol. The number of hydrogen-bond donors (Lipinski definition) is 0. The molecule has 3 fully saturated rings. The average Bonchev–Trinajstić information content (AvgIpc) is 3.16. The quantitative estimate of drug-likeness (QED) is 0.177. The van der Waals surface area contributed by atoms with Gasteiger partial charge in [0.2, 0.25) is 0 Å². The van der Waals surface area contributed by atoms with E-state index in [2.05, 4.69) is 22.6 Å². The van der Waals surface area contributed by atoms with Crippen molar-refractivity contribution in [1.29, 1.82) is 0 Å². The van der Waals surface area contributed by atoms with Crippen LogP contribution in [0.3, 0.4) is 0 Å². The molecule has 7 atom stereocenters. The Morgan fingerprint density at radius 1 is 1.23 bits per heavy atom. The van der Waals surface area contributed by atoms with Gasteiger partial charge >= 0.3 is 17.9 Å². The Morgan fingerprint density at radius 2 is 1.94 bits per heavy atom. The van der Waals surface area contributed by atoms with E-state index in [1.54, 1.807) is 6.92 Å². The molecule has 4 aliphatic rings. The molecule has 4 rings (SSSR count). The van der Waals surface area contributed by atoms with E-state index >= 15 is 0 Å². The second kappa shape index (κ2) is 7.56. The molecule has 0 aromatic rings. The molecule has 0 heterocycles. The number of allylic oxidation sites excluding steroid dienone is 1. The Labute approximate surface area is 195 Å². The topological polar surface area (TPSA) is 96.0 Å². The monoisotopic (exact) mass is 544 g/mol. The van der Waals surface area contributed by atoms with E-state index in [0.29, 0.717) is 19.3 Å². The summed E-state index contributed by atoms with van der Waals surface area (Å²) in [5, 5.41) is 0. The third kappa shape index (κ3) is 2.88. The fourth-order valence-corrected chi connectivity index (χ4v) is 8.40. The number of hydrogen-bond acceptors (Lipinski definition) is 7. The zero-order chi connectivity index (χ0) is 22.8. The van der Waals surface area contributed by atoms with E-state index in [1.165, 1.54) is 21.1 Å². The minimum Gasteiger partial charge on any atom is -0.469 e. The van der Waals surface area contributed by atoms with Crippen molar-refractivity contribution in [2.45, 2.75) is 52.1 Å². The Bertz CT molecular complexity index is 881. The summed E-state index contributed by atoms with van der Waals surface area (Å²) in [6.07, 6.45) is 4.23. The number of alkyl halides is 1. The number of halogens is 1. The van der Waals surface area contributed by atoms with Crippen LogP contribution >= 0.6 is 22.6 Å². The summed E-state index contributed by atoms with van der Waals surface area (Å²) in [7, 11) is 2.66. The fraction of sp³-hybridized carbons (Fsp3) is 0.739. The molecule has 1 spiro atoms. The fourth-order valence-electron chi connectivity index (χ4n) is 7.32. The van der Waals surface area contributed by atoms with E-state index in [4.69, 9.17) is 14.2 Å². The lowest BCUT2D eigenvalue weighted by molar-refractivity contribution is -0.179. The molecule has 170 valence electrons. The molecule has 0 aromatic carbocycles. The van der Waals surface area contributed by atoms with Crippen LogP contribution in [0.15, 0.2) is 11.6 Å². The van der Waals surface area contributed by atoms with Gasteiger partial charge in [0, 0.05) is 35.5 Å². The molecule has 2 bridgehead atoms. The highest BCUT2D eigenvalue weighted by molar-refractivity contribution is 14.1. The first-order valence-corrected chi connectivity index (χ1v) is 12.3. The Hall–Kier alpha value is -1.45. The first-order chi connectivity index (χ1) is 14.6. The van der Waals surface area contributed by atoms with Gasteiger partial charge in [-0.2, -0.15) is 0 Å². The zero-order valence-electron chi connectivity index (χ0n) is 18.4. The normalized spacial score (nSPS) is 42.9. The highest BCUT2D eigenvalue weighted by Crippen LogP contribution is 2.73. The summed E-state index contributed by atoms with van der Waals surface area (Å²) in [5.41, 5.74) is -1.18. The molecule has 31 heavy (non-hydrogen) atoms.